The van der Waals surface area contributed by atoms with Crippen molar-refractivity contribution in [3.05, 3.63) is 29.6 Å². The van der Waals surface area contributed by atoms with Gasteiger partial charge in [-0.25, -0.2) is 13.6 Å². The van der Waals surface area contributed by atoms with Gasteiger partial charge in [0.15, 0.2) is 5.54 Å². The molecular weight excluding hydrogens is 194 g/mol. The molecule has 1 rings (SSSR count). The van der Waals surface area contributed by atoms with Crippen LogP contribution in [0.5, 0.6) is 0 Å². The molecule has 0 saturated heterocycles. The van der Waals surface area contributed by atoms with Crippen molar-refractivity contribution in [1.82, 2.24) is 4.98 Å². The minimum absolute atomic E-state index is 0.494. The first-order chi connectivity index (χ1) is 6.35. The third kappa shape index (κ3) is 1.69. The first-order valence-electron chi connectivity index (χ1n) is 3.69. The van der Waals surface area contributed by atoms with Gasteiger partial charge in [0, 0.05) is 6.07 Å². The molecule has 76 valence electrons. The first-order valence-corrected chi connectivity index (χ1v) is 3.69. The van der Waals surface area contributed by atoms with E-state index >= 15 is 0 Å². The van der Waals surface area contributed by atoms with Crippen LogP contribution in [-0.2, 0) is 10.3 Å². The van der Waals surface area contributed by atoms with Gasteiger partial charge >= 0.3 is 5.97 Å². The Balaban J connectivity index is 3.26. The van der Waals surface area contributed by atoms with E-state index in [2.05, 4.69) is 4.98 Å². The van der Waals surface area contributed by atoms with E-state index in [1.807, 2.05) is 0 Å². The number of aromatic nitrogens is 1. The molecular formula is C8H8F2N2O2. The maximum absolute atomic E-state index is 13.1. The zero-order valence-electron chi connectivity index (χ0n) is 7.29. The molecule has 0 spiro atoms. The second kappa shape index (κ2) is 3.30. The number of hydrogen-bond donors (Lipinski definition) is 2. The molecule has 0 aromatic carbocycles. The van der Waals surface area contributed by atoms with Crippen molar-refractivity contribution in [3.63, 3.8) is 0 Å². The highest BCUT2D eigenvalue weighted by Gasteiger charge is 2.34. The Morgan fingerprint density at radius 2 is 2.21 bits per heavy atom. The monoisotopic (exact) mass is 202 g/mol. The fourth-order valence-electron chi connectivity index (χ4n) is 0.898. The molecule has 6 heteroatoms. The number of aliphatic carboxylic acids is 1. The molecule has 3 N–H and O–H groups in total. The highest BCUT2D eigenvalue weighted by Crippen LogP contribution is 2.19. The molecule has 14 heavy (non-hydrogen) atoms. The standard InChI is InChI=1S/C8H8F2N2O2/c1-8(11,7(13)14)6-5(10)2-4(9)3-12-6/h2-3H,11H2,1H3,(H,13,14). The number of nitrogens with two attached hydrogens (primary N) is 1. The predicted octanol–water partition coefficient (Wildman–Crippen LogP) is 0.618. The van der Waals surface area contributed by atoms with Crippen molar-refractivity contribution in [2.24, 2.45) is 5.73 Å². The average molecular weight is 202 g/mol. The molecule has 0 saturated carbocycles. The Bertz CT molecular complexity index is 380. The number of pyridine rings is 1. The van der Waals surface area contributed by atoms with Crippen LogP contribution in [0.25, 0.3) is 0 Å². The quantitative estimate of drug-likeness (QED) is 0.737. The van der Waals surface area contributed by atoms with E-state index in [9.17, 15) is 13.6 Å². The van der Waals surface area contributed by atoms with Crippen LogP contribution in [0.2, 0.25) is 0 Å². The Hall–Kier alpha value is -1.56. The van der Waals surface area contributed by atoms with Gasteiger partial charge in [-0.1, -0.05) is 0 Å². The zero-order chi connectivity index (χ0) is 10.9. The van der Waals surface area contributed by atoms with Gasteiger partial charge in [-0.15, -0.1) is 0 Å². The van der Waals surface area contributed by atoms with E-state index in [1.165, 1.54) is 0 Å². The third-order valence-corrected chi connectivity index (χ3v) is 1.74. The Morgan fingerprint density at radius 1 is 1.64 bits per heavy atom. The summed E-state index contributed by atoms with van der Waals surface area (Å²) in [6.45, 7) is 1.08. The summed E-state index contributed by atoms with van der Waals surface area (Å²) in [5.41, 5.74) is 2.85. The molecule has 1 unspecified atom stereocenters. The molecule has 0 aliphatic rings. The second-order valence-electron chi connectivity index (χ2n) is 2.99. The minimum atomic E-state index is -1.96. The van der Waals surface area contributed by atoms with Crippen LogP contribution in [0.15, 0.2) is 12.3 Å². The van der Waals surface area contributed by atoms with E-state index in [1.54, 1.807) is 0 Å². The number of carbonyl (C=O) groups is 1. The molecule has 1 aromatic heterocycles. The smallest absolute Gasteiger partial charge is 0.329 e. The minimum Gasteiger partial charge on any atom is -0.480 e. The van der Waals surface area contributed by atoms with E-state index in [0.29, 0.717) is 12.3 Å². The fourth-order valence-corrected chi connectivity index (χ4v) is 0.898. The lowest BCUT2D eigenvalue weighted by Crippen LogP contribution is -2.43. The van der Waals surface area contributed by atoms with Crippen LogP contribution < -0.4 is 5.73 Å². The molecule has 1 aromatic rings. The Labute approximate surface area is 78.4 Å². The molecule has 4 nitrogen and oxygen atoms in total. The van der Waals surface area contributed by atoms with Crippen LogP contribution >= 0.6 is 0 Å². The van der Waals surface area contributed by atoms with Crippen molar-refractivity contribution >= 4 is 5.97 Å². The normalized spacial score (nSPS) is 14.9. The van der Waals surface area contributed by atoms with Gasteiger partial charge in [0.25, 0.3) is 0 Å². The highest BCUT2D eigenvalue weighted by atomic mass is 19.1. The molecule has 0 fully saturated rings. The van der Waals surface area contributed by atoms with Crippen LogP contribution in [0.1, 0.15) is 12.6 Å². The van der Waals surface area contributed by atoms with Gasteiger partial charge in [0.05, 0.1) is 6.20 Å². The number of rotatable bonds is 2. The van der Waals surface area contributed by atoms with Crippen molar-refractivity contribution in [1.29, 1.82) is 0 Å². The molecule has 0 aliphatic heterocycles. The number of carboxylic acid groups (broad SMARTS) is 1. The van der Waals surface area contributed by atoms with E-state index in [-0.39, 0.29) is 0 Å². The van der Waals surface area contributed by atoms with Crippen LogP contribution in [0.3, 0.4) is 0 Å². The van der Waals surface area contributed by atoms with Gasteiger partial charge < -0.3 is 10.8 Å². The molecule has 0 amide bonds. The summed E-state index contributed by atoms with van der Waals surface area (Å²) in [6, 6.07) is 0.538. The number of halogens is 2. The summed E-state index contributed by atoms with van der Waals surface area (Å²) in [4.78, 5) is 13.9. The number of nitrogens with zero attached hydrogens (tertiary/aromatic N) is 1. The van der Waals surface area contributed by atoms with Gasteiger partial charge in [-0.2, -0.15) is 0 Å². The van der Waals surface area contributed by atoms with Crippen molar-refractivity contribution in [2.75, 3.05) is 0 Å². The third-order valence-electron chi connectivity index (χ3n) is 1.74. The van der Waals surface area contributed by atoms with Crippen molar-refractivity contribution in [2.45, 2.75) is 12.5 Å². The lowest BCUT2D eigenvalue weighted by atomic mass is 9.98. The van der Waals surface area contributed by atoms with Gasteiger partial charge in [-0.05, 0) is 6.92 Å². The van der Waals surface area contributed by atoms with E-state index < -0.39 is 28.8 Å². The summed E-state index contributed by atoms with van der Waals surface area (Å²) < 4.78 is 25.5. The average Bonchev–Trinajstić information content (AvgIpc) is 2.02. The maximum Gasteiger partial charge on any atom is 0.329 e. The summed E-state index contributed by atoms with van der Waals surface area (Å²) in [5, 5.41) is 8.66. The summed E-state index contributed by atoms with van der Waals surface area (Å²) in [5.74, 6) is -3.39. The van der Waals surface area contributed by atoms with Crippen LogP contribution in [0, 0.1) is 11.6 Å². The molecule has 0 bridgehead atoms. The second-order valence-corrected chi connectivity index (χ2v) is 2.99. The largest absolute Gasteiger partial charge is 0.480 e. The molecule has 0 radical (unpaired) electrons. The van der Waals surface area contributed by atoms with Crippen molar-refractivity contribution < 1.29 is 18.7 Å². The Kier molecular flexibility index (Phi) is 2.48. The van der Waals surface area contributed by atoms with Crippen molar-refractivity contribution in [3.8, 4) is 0 Å². The molecule has 1 atom stereocenters. The first kappa shape index (κ1) is 10.5. The summed E-state index contributed by atoms with van der Waals surface area (Å²) >= 11 is 0. The van der Waals surface area contributed by atoms with E-state index in [0.717, 1.165) is 6.92 Å². The van der Waals surface area contributed by atoms with E-state index in [4.69, 9.17) is 10.8 Å². The van der Waals surface area contributed by atoms with Gasteiger partial charge in [-0.3, -0.25) is 4.98 Å². The van der Waals surface area contributed by atoms with Gasteiger partial charge in [0.1, 0.15) is 17.3 Å². The molecule has 1 heterocycles. The zero-order valence-corrected chi connectivity index (χ0v) is 7.29. The molecule has 0 aliphatic carbocycles. The SMILES string of the molecule is CC(N)(C(=O)O)c1ncc(F)cc1F. The topological polar surface area (TPSA) is 76.2 Å². The lowest BCUT2D eigenvalue weighted by molar-refractivity contribution is -0.143. The van der Waals surface area contributed by atoms with Crippen LogP contribution in [-0.4, -0.2) is 16.1 Å². The number of carboxylic acids is 1. The summed E-state index contributed by atoms with van der Waals surface area (Å²) in [6.07, 6.45) is 0.715. The predicted molar refractivity (Wildman–Crippen MR) is 43.3 cm³/mol. The lowest BCUT2D eigenvalue weighted by Gasteiger charge is -2.18. The van der Waals surface area contributed by atoms with Crippen LogP contribution in [0.4, 0.5) is 8.78 Å². The maximum atomic E-state index is 13.1. The number of hydrogen-bond acceptors (Lipinski definition) is 3. The summed E-state index contributed by atoms with van der Waals surface area (Å²) in [7, 11) is 0. The highest BCUT2D eigenvalue weighted by molar-refractivity contribution is 5.79. The fraction of sp³-hybridized carbons (Fsp3) is 0.250. The Morgan fingerprint density at radius 3 is 2.64 bits per heavy atom. The van der Waals surface area contributed by atoms with Gasteiger partial charge in [0.2, 0.25) is 0 Å².